The smallest absolute Gasteiger partial charge is 0.278 e. The zero-order valence-corrected chi connectivity index (χ0v) is 16.8. The Morgan fingerprint density at radius 1 is 0.964 bits per heavy atom. The van der Waals surface area contributed by atoms with Gasteiger partial charge in [0.25, 0.3) is 11.8 Å². The van der Waals surface area contributed by atoms with Gasteiger partial charge in [0.15, 0.2) is 0 Å². The van der Waals surface area contributed by atoms with E-state index in [9.17, 15) is 9.59 Å². The van der Waals surface area contributed by atoms with Gasteiger partial charge in [0, 0.05) is 12.8 Å². The van der Waals surface area contributed by atoms with Gasteiger partial charge in [-0.1, -0.05) is 55.8 Å². The molecule has 1 N–H and O–H groups in total. The fraction of sp³-hybridized carbons (Fsp3) is 0.304. The number of aryl methyl sites for hydroxylation is 1. The molecule has 0 spiro atoms. The first-order chi connectivity index (χ1) is 13.4. The largest absolute Gasteiger partial charge is 0.383 e. The van der Waals surface area contributed by atoms with Gasteiger partial charge < -0.3 is 10.1 Å². The normalized spacial score (nSPS) is 14.4. The maximum absolute atomic E-state index is 13.0. The second-order valence-corrected chi connectivity index (χ2v) is 7.27. The van der Waals surface area contributed by atoms with Gasteiger partial charge in [-0.2, -0.15) is 0 Å². The number of nitrogens with one attached hydrogen (secondary N) is 1. The van der Waals surface area contributed by atoms with Crippen molar-refractivity contribution >= 4 is 23.1 Å². The molecule has 0 fully saturated rings. The molecule has 2 aromatic carbocycles. The molecule has 146 valence electrons. The number of carbonyl (C=O) groups is 2. The van der Waals surface area contributed by atoms with Crippen LogP contribution >= 0.6 is 0 Å². The average molecular weight is 378 g/mol. The molecule has 0 radical (unpaired) electrons. The number of imide groups is 1. The van der Waals surface area contributed by atoms with E-state index < -0.39 is 0 Å². The van der Waals surface area contributed by atoms with Crippen LogP contribution in [-0.2, 0) is 14.3 Å². The highest BCUT2D eigenvalue weighted by molar-refractivity contribution is 6.36. The minimum Gasteiger partial charge on any atom is -0.383 e. The minimum atomic E-state index is -0.328. The number of carbonyl (C=O) groups excluding carboxylic acids is 2. The Bertz CT molecular complexity index is 896. The number of anilines is 1. The molecule has 1 aliphatic heterocycles. The molecule has 0 bridgehead atoms. The highest BCUT2D eigenvalue weighted by Gasteiger charge is 2.38. The Balaban J connectivity index is 1.98. The summed E-state index contributed by atoms with van der Waals surface area (Å²) in [5.74, 6) is -0.201. The standard InChI is InChI=1S/C23H26N2O3/c1-15(2)17-9-11-19(12-10-17)24-21-20(18-7-5-16(3)6-8-18)22(26)25(23(21)27)13-14-28-4/h5-12,15,24H,13-14H2,1-4H3. The third-order valence-corrected chi connectivity index (χ3v) is 4.87. The first-order valence-electron chi connectivity index (χ1n) is 9.45. The third kappa shape index (κ3) is 3.99. The summed E-state index contributed by atoms with van der Waals surface area (Å²) in [5.41, 5.74) is 4.52. The molecule has 0 unspecified atom stereocenters. The summed E-state index contributed by atoms with van der Waals surface area (Å²) in [7, 11) is 1.55. The zero-order valence-electron chi connectivity index (χ0n) is 16.8. The number of hydrogen-bond acceptors (Lipinski definition) is 4. The van der Waals surface area contributed by atoms with Gasteiger partial charge in [-0.15, -0.1) is 0 Å². The Labute approximate surface area is 166 Å². The Kier molecular flexibility index (Phi) is 5.95. The molecule has 0 aliphatic carbocycles. The van der Waals surface area contributed by atoms with E-state index in [4.69, 9.17) is 4.74 Å². The number of rotatable bonds is 7. The van der Waals surface area contributed by atoms with E-state index in [-0.39, 0.29) is 18.4 Å². The fourth-order valence-electron chi connectivity index (χ4n) is 3.16. The lowest BCUT2D eigenvalue weighted by molar-refractivity contribution is -0.137. The van der Waals surface area contributed by atoms with Crippen molar-refractivity contribution in [2.75, 3.05) is 25.6 Å². The zero-order chi connectivity index (χ0) is 20.3. The Morgan fingerprint density at radius 2 is 1.61 bits per heavy atom. The SMILES string of the molecule is COCCN1C(=O)C(Nc2ccc(C(C)C)cc2)=C(c2ccc(C)cc2)C1=O. The van der Waals surface area contributed by atoms with Crippen molar-refractivity contribution in [3.05, 3.63) is 70.9 Å². The van der Waals surface area contributed by atoms with Crippen molar-refractivity contribution < 1.29 is 14.3 Å². The summed E-state index contributed by atoms with van der Waals surface area (Å²) >= 11 is 0. The quantitative estimate of drug-likeness (QED) is 0.741. The number of nitrogens with zero attached hydrogens (tertiary/aromatic N) is 1. The van der Waals surface area contributed by atoms with E-state index in [1.807, 2.05) is 55.5 Å². The number of benzene rings is 2. The summed E-state index contributed by atoms with van der Waals surface area (Å²) in [5, 5.41) is 3.18. The van der Waals surface area contributed by atoms with Crippen molar-refractivity contribution in [3.63, 3.8) is 0 Å². The molecule has 0 aromatic heterocycles. The van der Waals surface area contributed by atoms with Crippen LogP contribution in [0.2, 0.25) is 0 Å². The summed E-state index contributed by atoms with van der Waals surface area (Å²) in [4.78, 5) is 27.2. The monoisotopic (exact) mass is 378 g/mol. The van der Waals surface area contributed by atoms with E-state index in [1.165, 1.54) is 10.5 Å². The Hall–Kier alpha value is -2.92. The molecule has 28 heavy (non-hydrogen) atoms. The third-order valence-electron chi connectivity index (χ3n) is 4.87. The summed E-state index contributed by atoms with van der Waals surface area (Å²) in [6.45, 7) is 6.77. The van der Waals surface area contributed by atoms with Crippen LogP contribution in [0.1, 0.15) is 36.5 Å². The van der Waals surface area contributed by atoms with Crippen LogP contribution in [0.4, 0.5) is 5.69 Å². The highest BCUT2D eigenvalue weighted by atomic mass is 16.5. The topological polar surface area (TPSA) is 58.6 Å². The van der Waals surface area contributed by atoms with Crippen molar-refractivity contribution in [1.82, 2.24) is 4.90 Å². The maximum atomic E-state index is 13.0. The number of ether oxygens (including phenoxy) is 1. The first-order valence-corrected chi connectivity index (χ1v) is 9.45. The van der Waals surface area contributed by atoms with Crippen LogP contribution in [0.15, 0.2) is 54.2 Å². The molecule has 2 amide bonds. The summed E-state index contributed by atoms with van der Waals surface area (Å²) < 4.78 is 5.06. The molecule has 1 aliphatic rings. The number of methoxy groups -OCH3 is 1. The van der Waals surface area contributed by atoms with Crippen LogP contribution in [0.3, 0.4) is 0 Å². The lowest BCUT2D eigenvalue weighted by atomic mass is 10.0. The van der Waals surface area contributed by atoms with E-state index in [2.05, 4.69) is 19.2 Å². The van der Waals surface area contributed by atoms with Gasteiger partial charge in [-0.25, -0.2) is 0 Å². The molecular weight excluding hydrogens is 352 g/mol. The van der Waals surface area contributed by atoms with E-state index in [0.29, 0.717) is 23.8 Å². The lowest BCUT2D eigenvalue weighted by Gasteiger charge is -2.14. The Morgan fingerprint density at radius 3 is 2.18 bits per heavy atom. The summed E-state index contributed by atoms with van der Waals surface area (Å²) in [6, 6.07) is 15.6. The average Bonchev–Trinajstić information content (AvgIpc) is 2.91. The fourth-order valence-corrected chi connectivity index (χ4v) is 3.16. The molecule has 3 rings (SSSR count). The van der Waals surface area contributed by atoms with Crippen molar-refractivity contribution in [1.29, 1.82) is 0 Å². The van der Waals surface area contributed by atoms with Crippen LogP contribution in [0, 0.1) is 6.92 Å². The lowest BCUT2D eigenvalue weighted by Crippen LogP contribution is -2.35. The van der Waals surface area contributed by atoms with Gasteiger partial charge in [0.1, 0.15) is 5.70 Å². The summed E-state index contributed by atoms with van der Waals surface area (Å²) in [6.07, 6.45) is 0. The molecule has 1 heterocycles. The second kappa shape index (κ2) is 8.40. The molecule has 5 heteroatoms. The van der Waals surface area contributed by atoms with Crippen LogP contribution in [0.5, 0.6) is 0 Å². The highest BCUT2D eigenvalue weighted by Crippen LogP contribution is 2.31. The molecule has 2 aromatic rings. The van der Waals surface area contributed by atoms with Gasteiger partial charge in [0.05, 0.1) is 18.7 Å². The number of hydrogen-bond donors (Lipinski definition) is 1. The van der Waals surface area contributed by atoms with E-state index >= 15 is 0 Å². The van der Waals surface area contributed by atoms with E-state index in [0.717, 1.165) is 16.8 Å². The van der Waals surface area contributed by atoms with Gasteiger partial charge in [0.2, 0.25) is 0 Å². The predicted octanol–water partition coefficient (Wildman–Crippen LogP) is 3.96. The second-order valence-electron chi connectivity index (χ2n) is 7.27. The van der Waals surface area contributed by atoms with Crippen LogP contribution < -0.4 is 5.32 Å². The number of amides is 2. The van der Waals surface area contributed by atoms with Crippen molar-refractivity contribution in [3.8, 4) is 0 Å². The first kappa shape index (κ1) is 19.8. The van der Waals surface area contributed by atoms with Crippen molar-refractivity contribution in [2.45, 2.75) is 26.7 Å². The molecule has 0 atom stereocenters. The van der Waals surface area contributed by atoms with Crippen LogP contribution in [0.25, 0.3) is 5.57 Å². The molecule has 0 saturated carbocycles. The maximum Gasteiger partial charge on any atom is 0.278 e. The van der Waals surface area contributed by atoms with Gasteiger partial charge in [-0.05, 0) is 36.1 Å². The molecule has 0 saturated heterocycles. The van der Waals surface area contributed by atoms with E-state index in [1.54, 1.807) is 7.11 Å². The minimum absolute atomic E-state index is 0.223. The van der Waals surface area contributed by atoms with Gasteiger partial charge in [-0.3, -0.25) is 14.5 Å². The van der Waals surface area contributed by atoms with Gasteiger partial charge >= 0.3 is 0 Å². The van der Waals surface area contributed by atoms with Crippen molar-refractivity contribution in [2.24, 2.45) is 0 Å². The molecule has 5 nitrogen and oxygen atoms in total. The molecular formula is C23H26N2O3. The van der Waals surface area contributed by atoms with Crippen LogP contribution in [-0.4, -0.2) is 37.0 Å². The predicted molar refractivity (Wildman–Crippen MR) is 111 cm³/mol.